The fourth-order valence-corrected chi connectivity index (χ4v) is 4.06. The van der Waals surface area contributed by atoms with Crippen molar-refractivity contribution in [3.05, 3.63) is 29.6 Å². The quantitative estimate of drug-likeness (QED) is 0.594. The average molecular weight is 335 g/mol. The number of guanidine groups is 1. The molecule has 2 N–H and O–H groups in total. The van der Waals surface area contributed by atoms with Gasteiger partial charge in [-0.1, -0.05) is 13.0 Å². The van der Waals surface area contributed by atoms with Crippen molar-refractivity contribution in [2.45, 2.75) is 57.7 Å². The molecule has 2 unspecified atom stereocenters. The summed E-state index contributed by atoms with van der Waals surface area (Å²) >= 11 is 2.09. The zero-order valence-electron chi connectivity index (χ0n) is 14.6. The molecule has 128 valence electrons. The molecule has 2 rings (SSSR count). The van der Waals surface area contributed by atoms with Crippen molar-refractivity contribution in [3.8, 4) is 0 Å². The topological polar surface area (TPSA) is 49.3 Å². The molecule has 0 aromatic carbocycles. The molecule has 1 aromatic heterocycles. The Labute approximate surface area is 145 Å². The number of thioether (sulfide) groups is 1. The Balaban J connectivity index is 1.81. The van der Waals surface area contributed by atoms with Crippen molar-refractivity contribution in [2.75, 3.05) is 18.8 Å². The molecule has 0 spiro atoms. The SMILES string of the molecule is CCNC(=NCCc1ccc(C)nc1)NC1CCC(SCC)C1. The first-order valence-electron chi connectivity index (χ1n) is 8.79. The van der Waals surface area contributed by atoms with Gasteiger partial charge in [-0.15, -0.1) is 0 Å². The smallest absolute Gasteiger partial charge is 0.191 e. The Morgan fingerprint density at radius 3 is 2.91 bits per heavy atom. The molecule has 1 aliphatic carbocycles. The van der Waals surface area contributed by atoms with E-state index in [1.54, 1.807) is 0 Å². The highest BCUT2D eigenvalue weighted by atomic mass is 32.2. The highest BCUT2D eigenvalue weighted by Crippen LogP contribution is 2.29. The summed E-state index contributed by atoms with van der Waals surface area (Å²) in [5.41, 5.74) is 2.31. The Bertz CT molecular complexity index is 486. The molecule has 1 aromatic rings. The minimum Gasteiger partial charge on any atom is -0.357 e. The number of hydrogen-bond donors (Lipinski definition) is 2. The van der Waals surface area contributed by atoms with Gasteiger partial charge in [-0.05, 0) is 56.9 Å². The molecule has 1 heterocycles. The Hall–Kier alpha value is -1.23. The van der Waals surface area contributed by atoms with E-state index in [0.29, 0.717) is 6.04 Å². The van der Waals surface area contributed by atoms with Crippen molar-refractivity contribution in [1.29, 1.82) is 0 Å². The summed E-state index contributed by atoms with van der Waals surface area (Å²) in [7, 11) is 0. The van der Waals surface area contributed by atoms with Crippen LogP contribution in [0.1, 0.15) is 44.4 Å². The number of aliphatic imine (C=N–C) groups is 1. The third-order valence-electron chi connectivity index (χ3n) is 4.11. The first kappa shape index (κ1) is 18.1. The van der Waals surface area contributed by atoms with E-state index >= 15 is 0 Å². The zero-order chi connectivity index (χ0) is 16.5. The summed E-state index contributed by atoms with van der Waals surface area (Å²) in [6, 6.07) is 4.77. The van der Waals surface area contributed by atoms with Crippen LogP contribution in [0.25, 0.3) is 0 Å². The molecule has 4 nitrogen and oxygen atoms in total. The van der Waals surface area contributed by atoms with Crippen LogP contribution in [0.3, 0.4) is 0 Å². The van der Waals surface area contributed by atoms with Crippen LogP contribution in [0.5, 0.6) is 0 Å². The van der Waals surface area contributed by atoms with E-state index in [0.717, 1.165) is 36.4 Å². The summed E-state index contributed by atoms with van der Waals surface area (Å²) in [5, 5.41) is 7.80. The van der Waals surface area contributed by atoms with Gasteiger partial charge in [0.1, 0.15) is 0 Å². The maximum atomic E-state index is 4.73. The largest absolute Gasteiger partial charge is 0.357 e. The lowest BCUT2D eigenvalue weighted by Gasteiger charge is -2.17. The van der Waals surface area contributed by atoms with Crippen LogP contribution in [0, 0.1) is 6.92 Å². The molecule has 0 bridgehead atoms. The summed E-state index contributed by atoms with van der Waals surface area (Å²) in [6.45, 7) is 8.07. The summed E-state index contributed by atoms with van der Waals surface area (Å²) in [5.74, 6) is 2.18. The van der Waals surface area contributed by atoms with E-state index in [4.69, 9.17) is 4.99 Å². The second kappa shape index (κ2) is 9.81. The number of aromatic nitrogens is 1. The normalized spacial score (nSPS) is 21.4. The van der Waals surface area contributed by atoms with Gasteiger partial charge in [0, 0.05) is 36.3 Å². The Kier molecular flexibility index (Phi) is 7.72. The van der Waals surface area contributed by atoms with Crippen LogP contribution in [0.4, 0.5) is 0 Å². The van der Waals surface area contributed by atoms with Crippen LogP contribution in [0.2, 0.25) is 0 Å². The van der Waals surface area contributed by atoms with Gasteiger partial charge in [-0.2, -0.15) is 11.8 Å². The first-order chi connectivity index (χ1) is 11.2. The second-order valence-corrected chi connectivity index (χ2v) is 7.63. The number of nitrogens with zero attached hydrogens (tertiary/aromatic N) is 2. The molecule has 1 saturated carbocycles. The van der Waals surface area contributed by atoms with Gasteiger partial charge in [-0.3, -0.25) is 9.98 Å². The van der Waals surface area contributed by atoms with Gasteiger partial charge < -0.3 is 10.6 Å². The fourth-order valence-electron chi connectivity index (χ4n) is 2.91. The molecule has 1 aliphatic rings. The minimum absolute atomic E-state index is 0.567. The van der Waals surface area contributed by atoms with E-state index in [9.17, 15) is 0 Å². The van der Waals surface area contributed by atoms with Crippen molar-refractivity contribution in [2.24, 2.45) is 4.99 Å². The third kappa shape index (κ3) is 6.42. The lowest BCUT2D eigenvalue weighted by molar-refractivity contribution is 0.615. The lowest BCUT2D eigenvalue weighted by atomic mass is 10.2. The first-order valence-corrected chi connectivity index (χ1v) is 9.84. The summed E-state index contributed by atoms with van der Waals surface area (Å²) in [6.07, 6.45) is 6.72. The van der Waals surface area contributed by atoms with E-state index in [2.05, 4.69) is 53.4 Å². The maximum absolute atomic E-state index is 4.73. The van der Waals surface area contributed by atoms with Gasteiger partial charge in [-0.25, -0.2) is 0 Å². The molecule has 23 heavy (non-hydrogen) atoms. The highest BCUT2D eigenvalue weighted by Gasteiger charge is 2.24. The van der Waals surface area contributed by atoms with E-state index in [1.165, 1.54) is 30.6 Å². The number of hydrogen-bond acceptors (Lipinski definition) is 3. The van der Waals surface area contributed by atoms with Crippen LogP contribution in [-0.2, 0) is 6.42 Å². The third-order valence-corrected chi connectivity index (χ3v) is 5.35. The molecule has 1 fully saturated rings. The second-order valence-electron chi connectivity index (χ2n) is 6.05. The monoisotopic (exact) mass is 334 g/mol. The minimum atomic E-state index is 0.567. The number of pyridine rings is 1. The van der Waals surface area contributed by atoms with Gasteiger partial charge in [0.25, 0.3) is 0 Å². The molecule has 0 radical (unpaired) electrons. The van der Waals surface area contributed by atoms with Crippen LogP contribution < -0.4 is 10.6 Å². The molecule has 0 saturated heterocycles. The average Bonchev–Trinajstić information content (AvgIpc) is 2.97. The van der Waals surface area contributed by atoms with E-state index in [1.807, 2.05) is 13.1 Å². The van der Waals surface area contributed by atoms with Crippen molar-refractivity contribution < 1.29 is 0 Å². The van der Waals surface area contributed by atoms with Crippen molar-refractivity contribution in [3.63, 3.8) is 0 Å². The molecular weight excluding hydrogens is 304 g/mol. The Morgan fingerprint density at radius 1 is 1.35 bits per heavy atom. The van der Waals surface area contributed by atoms with Gasteiger partial charge in [0.05, 0.1) is 0 Å². The number of nitrogens with one attached hydrogen (secondary N) is 2. The molecule has 0 aliphatic heterocycles. The predicted molar refractivity (Wildman–Crippen MR) is 101 cm³/mol. The molecule has 5 heteroatoms. The molecular formula is C18H30N4S. The van der Waals surface area contributed by atoms with Gasteiger partial charge in [0.2, 0.25) is 0 Å². The van der Waals surface area contributed by atoms with Crippen molar-refractivity contribution >= 4 is 17.7 Å². The van der Waals surface area contributed by atoms with Gasteiger partial charge in [0.15, 0.2) is 5.96 Å². The van der Waals surface area contributed by atoms with Crippen LogP contribution in [-0.4, -0.2) is 41.1 Å². The maximum Gasteiger partial charge on any atom is 0.191 e. The zero-order valence-corrected chi connectivity index (χ0v) is 15.5. The molecule has 0 amide bonds. The lowest BCUT2D eigenvalue weighted by Crippen LogP contribution is -2.42. The Morgan fingerprint density at radius 2 is 2.22 bits per heavy atom. The van der Waals surface area contributed by atoms with Crippen molar-refractivity contribution in [1.82, 2.24) is 15.6 Å². The van der Waals surface area contributed by atoms with Crippen LogP contribution in [0.15, 0.2) is 23.3 Å². The van der Waals surface area contributed by atoms with E-state index < -0.39 is 0 Å². The van der Waals surface area contributed by atoms with Gasteiger partial charge >= 0.3 is 0 Å². The number of aryl methyl sites for hydroxylation is 1. The fraction of sp³-hybridized carbons (Fsp3) is 0.667. The molecule has 2 atom stereocenters. The number of rotatable bonds is 7. The van der Waals surface area contributed by atoms with Crippen LogP contribution >= 0.6 is 11.8 Å². The van der Waals surface area contributed by atoms with E-state index in [-0.39, 0.29) is 0 Å². The predicted octanol–water partition coefficient (Wildman–Crippen LogP) is 3.16. The highest BCUT2D eigenvalue weighted by molar-refractivity contribution is 7.99. The summed E-state index contributed by atoms with van der Waals surface area (Å²) < 4.78 is 0. The standard InChI is InChI=1S/C18H30N4S/c1-4-19-18(22-16-8-9-17(12-16)23-5-2)20-11-10-15-7-6-14(3)21-13-15/h6-7,13,16-17H,4-5,8-12H2,1-3H3,(H2,19,20,22). The summed E-state index contributed by atoms with van der Waals surface area (Å²) in [4.78, 5) is 9.07.